The van der Waals surface area contributed by atoms with E-state index in [4.69, 9.17) is 9.84 Å². The first-order chi connectivity index (χ1) is 8.59. The van der Waals surface area contributed by atoms with E-state index >= 15 is 0 Å². The van der Waals surface area contributed by atoms with Gasteiger partial charge in [0.05, 0.1) is 13.2 Å². The van der Waals surface area contributed by atoms with Gasteiger partial charge in [0.25, 0.3) is 0 Å². The van der Waals surface area contributed by atoms with Gasteiger partial charge in [0.1, 0.15) is 0 Å². The third kappa shape index (κ3) is 2.75. The molecule has 1 aliphatic heterocycles. The van der Waals surface area contributed by atoms with E-state index in [-0.39, 0.29) is 18.7 Å². The summed E-state index contributed by atoms with van der Waals surface area (Å²) in [6, 6.07) is -0.963. The number of morpholine rings is 1. The normalized spacial score (nSPS) is 32.3. The van der Waals surface area contributed by atoms with Crippen molar-refractivity contribution in [2.75, 3.05) is 19.8 Å². The van der Waals surface area contributed by atoms with Crippen LogP contribution in [0.2, 0.25) is 0 Å². The zero-order valence-electron chi connectivity index (χ0n) is 10.6. The molecule has 0 aromatic carbocycles. The van der Waals surface area contributed by atoms with Gasteiger partial charge in [-0.1, -0.05) is 13.3 Å². The van der Waals surface area contributed by atoms with Crippen molar-refractivity contribution in [1.29, 1.82) is 0 Å². The average molecular weight is 256 g/mol. The zero-order chi connectivity index (χ0) is 13.1. The fourth-order valence-electron chi connectivity index (χ4n) is 2.65. The van der Waals surface area contributed by atoms with E-state index in [1.54, 1.807) is 0 Å². The maximum absolute atomic E-state index is 12.1. The van der Waals surface area contributed by atoms with Crippen molar-refractivity contribution in [1.82, 2.24) is 10.2 Å². The van der Waals surface area contributed by atoms with Crippen molar-refractivity contribution >= 4 is 12.0 Å². The second-order valence-electron chi connectivity index (χ2n) is 5.09. The van der Waals surface area contributed by atoms with Crippen molar-refractivity contribution in [3.05, 3.63) is 0 Å². The van der Waals surface area contributed by atoms with Gasteiger partial charge in [-0.05, 0) is 18.8 Å². The zero-order valence-corrected chi connectivity index (χ0v) is 10.6. The van der Waals surface area contributed by atoms with Crippen LogP contribution in [-0.4, -0.2) is 53.8 Å². The fraction of sp³-hybridized carbons (Fsp3) is 0.833. The summed E-state index contributed by atoms with van der Waals surface area (Å²) in [7, 11) is 0. The van der Waals surface area contributed by atoms with Crippen LogP contribution in [-0.2, 0) is 9.53 Å². The first kappa shape index (κ1) is 13.1. The summed E-state index contributed by atoms with van der Waals surface area (Å²) in [6.45, 7) is 2.93. The molecule has 18 heavy (non-hydrogen) atoms. The molecule has 3 atom stereocenters. The Morgan fingerprint density at radius 3 is 2.78 bits per heavy atom. The first-order valence-electron chi connectivity index (χ1n) is 6.47. The van der Waals surface area contributed by atoms with Crippen LogP contribution < -0.4 is 5.32 Å². The van der Waals surface area contributed by atoms with Crippen molar-refractivity contribution in [3.63, 3.8) is 0 Å². The molecule has 0 spiro atoms. The van der Waals surface area contributed by atoms with E-state index in [9.17, 15) is 9.59 Å². The van der Waals surface area contributed by atoms with E-state index < -0.39 is 12.0 Å². The largest absolute Gasteiger partial charge is 0.480 e. The average Bonchev–Trinajstić information content (AvgIpc) is 2.75. The number of carbonyl (C=O) groups excluding carboxylic acids is 1. The third-order valence-electron chi connectivity index (χ3n) is 3.84. The fourth-order valence-corrected chi connectivity index (χ4v) is 2.65. The van der Waals surface area contributed by atoms with Crippen molar-refractivity contribution in [2.45, 2.75) is 38.3 Å². The van der Waals surface area contributed by atoms with E-state index in [1.807, 2.05) is 0 Å². The Hall–Kier alpha value is -1.30. The number of urea groups is 1. The minimum Gasteiger partial charge on any atom is -0.480 e. The molecule has 1 heterocycles. The summed E-state index contributed by atoms with van der Waals surface area (Å²) < 4.78 is 5.11. The number of rotatable bonds is 2. The predicted molar refractivity (Wildman–Crippen MR) is 64.3 cm³/mol. The summed E-state index contributed by atoms with van der Waals surface area (Å²) in [5, 5.41) is 12.0. The number of carboxylic acid groups (broad SMARTS) is 1. The molecule has 2 rings (SSSR count). The van der Waals surface area contributed by atoms with Crippen LogP contribution in [0.3, 0.4) is 0 Å². The molecule has 0 bridgehead atoms. The molecule has 2 fully saturated rings. The number of carbonyl (C=O) groups is 2. The minimum atomic E-state index is -1.01. The molecule has 2 N–H and O–H groups in total. The summed E-state index contributed by atoms with van der Waals surface area (Å²) >= 11 is 0. The van der Waals surface area contributed by atoms with Crippen LogP contribution in [0.4, 0.5) is 4.79 Å². The molecule has 102 valence electrons. The standard InChI is InChI=1S/C12H20N2O4/c1-8-3-2-4-9(8)13-12(17)14-5-6-18-7-10(14)11(15)16/h8-10H,2-7H2,1H3,(H,13,17)(H,15,16). The van der Waals surface area contributed by atoms with Crippen LogP contribution in [0, 0.1) is 5.92 Å². The number of hydrogen-bond donors (Lipinski definition) is 2. The lowest BCUT2D eigenvalue weighted by Crippen LogP contribution is -2.57. The number of aliphatic carboxylic acids is 1. The van der Waals surface area contributed by atoms with Gasteiger partial charge in [0.2, 0.25) is 0 Å². The monoisotopic (exact) mass is 256 g/mol. The Balaban J connectivity index is 1.95. The number of hydrogen-bond acceptors (Lipinski definition) is 3. The highest BCUT2D eigenvalue weighted by atomic mass is 16.5. The second-order valence-corrected chi connectivity index (χ2v) is 5.09. The quantitative estimate of drug-likeness (QED) is 0.761. The van der Waals surface area contributed by atoms with Gasteiger partial charge in [-0.2, -0.15) is 0 Å². The molecule has 2 aliphatic rings. The van der Waals surface area contributed by atoms with Gasteiger partial charge >= 0.3 is 12.0 Å². The lowest BCUT2D eigenvalue weighted by atomic mass is 10.1. The molecule has 6 heteroatoms. The van der Waals surface area contributed by atoms with Crippen LogP contribution in [0.25, 0.3) is 0 Å². The Kier molecular flexibility index (Phi) is 4.06. The minimum absolute atomic E-state index is 0.0724. The van der Waals surface area contributed by atoms with Crippen molar-refractivity contribution in [3.8, 4) is 0 Å². The van der Waals surface area contributed by atoms with Crippen molar-refractivity contribution < 1.29 is 19.4 Å². The molecule has 3 unspecified atom stereocenters. The van der Waals surface area contributed by atoms with Gasteiger partial charge in [-0.15, -0.1) is 0 Å². The lowest BCUT2D eigenvalue weighted by molar-refractivity contribution is -0.147. The Morgan fingerprint density at radius 1 is 1.39 bits per heavy atom. The molecule has 1 saturated carbocycles. The smallest absolute Gasteiger partial charge is 0.328 e. The number of nitrogens with zero attached hydrogens (tertiary/aromatic N) is 1. The maximum Gasteiger partial charge on any atom is 0.328 e. The summed E-state index contributed by atoms with van der Waals surface area (Å²) in [5.74, 6) is -0.539. The highest BCUT2D eigenvalue weighted by Gasteiger charge is 2.34. The van der Waals surface area contributed by atoms with Gasteiger partial charge < -0.3 is 20.1 Å². The second kappa shape index (κ2) is 5.56. The Labute approximate surface area is 106 Å². The molecule has 0 radical (unpaired) electrons. The van der Waals surface area contributed by atoms with Gasteiger partial charge in [-0.3, -0.25) is 0 Å². The predicted octanol–water partition coefficient (Wildman–Crippen LogP) is 0.670. The molecule has 1 aliphatic carbocycles. The third-order valence-corrected chi connectivity index (χ3v) is 3.84. The van der Waals surface area contributed by atoms with Crippen LogP contribution >= 0.6 is 0 Å². The van der Waals surface area contributed by atoms with Gasteiger partial charge in [0.15, 0.2) is 6.04 Å². The number of carboxylic acids is 1. The number of nitrogens with one attached hydrogen (secondary N) is 1. The summed E-state index contributed by atoms with van der Waals surface area (Å²) in [5.41, 5.74) is 0. The Morgan fingerprint density at radius 2 is 2.17 bits per heavy atom. The van der Waals surface area contributed by atoms with Crippen LogP contribution in [0.5, 0.6) is 0 Å². The van der Waals surface area contributed by atoms with Crippen LogP contribution in [0.15, 0.2) is 0 Å². The van der Waals surface area contributed by atoms with E-state index in [0.29, 0.717) is 19.1 Å². The molecule has 1 saturated heterocycles. The SMILES string of the molecule is CC1CCCC1NC(=O)N1CCOCC1C(=O)O. The number of amides is 2. The molecule has 2 amide bonds. The van der Waals surface area contributed by atoms with Crippen molar-refractivity contribution in [2.24, 2.45) is 5.92 Å². The maximum atomic E-state index is 12.1. The summed E-state index contributed by atoms with van der Waals surface area (Å²) in [4.78, 5) is 24.6. The van der Waals surface area contributed by atoms with E-state index in [1.165, 1.54) is 4.90 Å². The number of ether oxygens (including phenoxy) is 1. The molecule has 6 nitrogen and oxygen atoms in total. The molecular formula is C12H20N2O4. The molecule has 0 aromatic rings. The van der Waals surface area contributed by atoms with Gasteiger partial charge in [-0.25, -0.2) is 9.59 Å². The first-order valence-corrected chi connectivity index (χ1v) is 6.47. The highest BCUT2D eigenvalue weighted by Crippen LogP contribution is 2.25. The van der Waals surface area contributed by atoms with Gasteiger partial charge in [0, 0.05) is 12.6 Å². The van der Waals surface area contributed by atoms with Crippen LogP contribution in [0.1, 0.15) is 26.2 Å². The Bertz CT molecular complexity index is 334. The summed E-state index contributed by atoms with van der Waals surface area (Å²) in [6.07, 6.45) is 3.23. The lowest BCUT2D eigenvalue weighted by Gasteiger charge is -2.34. The topological polar surface area (TPSA) is 78.9 Å². The highest BCUT2D eigenvalue weighted by molar-refractivity contribution is 5.83. The van der Waals surface area contributed by atoms with E-state index in [0.717, 1.165) is 19.3 Å². The molecular weight excluding hydrogens is 236 g/mol. The molecule has 0 aromatic heterocycles. The van der Waals surface area contributed by atoms with E-state index in [2.05, 4.69) is 12.2 Å².